The maximum absolute atomic E-state index is 14.2. The molecule has 53 heavy (non-hydrogen) atoms. The zero-order valence-electron chi connectivity index (χ0n) is 33.3. The number of fused-ring (bicyclic) bond motifs is 7. The van der Waals surface area contributed by atoms with E-state index < -0.39 is 28.6 Å². The number of aliphatic carboxylic acids is 1. The molecule has 0 spiro atoms. The van der Waals surface area contributed by atoms with Crippen LogP contribution >= 0.6 is 0 Å². The van der Waals surface area contributed by atoms with Gasteiger partial charge in [0.2, 0.25) is 5.82 Å². The fraction of sp³-hybridized carbons (Fsp3) is 0.738. The van der Waals surface area contributed by atoms with Crippen LogP contribution in [-0.2, 0) is 31.6 Å². The lowest BCUT2D eigenvalue weighted by atomic mass is 9.33. The van der Waals surface area contributed by atoms with Crippen molar-refractivity contribution in [3.05, 3.63) is 35.2 Å². The van der Waals surface area contributed by atoms with Crippen molar-refractivity contribution in [1.29, 1.82) is 0 Å². The van der Waals surface area contributed by atoms with Crippen molar-refractivity contribution in [2.45, 2.75) is 138 Å². The van der Waals surface area contributed by atoms with Crippen LogP contribution < -0.4 is 0 Å². The summed E-state index contributed by atoms with van der Waals surface area (Å²) in [5.74, 6) is 0.900. The molecule has 11 heteroatoms. The van der Waals surface area contributed by atoms with Crippen molar-refractivity contribution in [3.8, 4) is 11.6 Å². The van der Waals surface area contributed by atoms with E-state index in [0.717, 1.165) is 75.2 Å². The number of hydrogen-bond donors (Lipinski definition) is 1. The van der Waals surface area contributed by atoms with Gasteiger partial charge in [-0.25, -0.2) is 14.4 Å². The number of nitrogens with zero attached hydrogens (tertiary/aromatic N) is 5. The number of halogens is 1. The molecule has 0 amide bonds. The second-order valence-corrected chi connectivity index (χ2v) is 19.6. The smallest absolute Gasteiger partial charge is 0.309 e. The quantitative estimate of drug-likeness (QED) is 0.281. The van der Waals surface area contributed by atoms with Crippen molar-refractivity contribution in [2.24, 2.45) is 57.8 Å². The lowest BCUT2D eigenvalue weighted by molar-refractivity contribution is -0.232. The van der Waals surface area contributed by atoms with Crippen LogP contribution in [0, 0.1) is 56.6 Å². The van der Waals surface area contributed by atoms with E-state index in [1.54, 1.807) is 13.8 Å². The molecular formula is C42H58FN5O5. The maximum Gasteiger partial charge on any atom is 0.309 e. The van der Waals surface area contributed by atoms with Gasteiger partial charge in [0.1, 0.15) is 11.9 Å². The highest BCUT2D eigenvalue weighted by molar-refractivity contribution is 6.01. The Bertz CT molecular complexity index is 1880. The third kappa shape index (κ3) is 5.31. The Kier molecular flexibility index (Phi) is 8.74. The second kappa shape index (κ2) is 12.3. The van der Waals surface area contributed by atoms with E-state index in [9.17, 15) is 23.9 Å². The topological polar surface area (TPSA) is 137 Å². The summed E-state index contributed by atoms with van der Waals surface area (Å²) in [6, 6.07) is 0. The predicted octanol–water partition coefficient (Wildman–Crippen LogP) is 8.06. The molecule has 10 nitrogen and oxygen atoms in total. The molecule has 0 aromatic carbocycles. The SMILES string of the molecule is CC(C)C1=C2[C@H]3CC[C@@H]4[C@@]5(C)CC[C@H](OC(=O)CC(C)(C)C(=O)O)C(C)(C)[C@@H]5CC[C@@]4(C)[C@]3(C)CC[C@@]2(c2nnc(-c3ncc(F)cn3)n2C)CC1=O. The molecule has 2 aromatic heterocycles. The summed E-state index contributed by atoms with van der Waals surface area (Å²) in [7, 11) is 1.91. The van der Waals surface area contributed by atoms with Crippen LogP contribution in [0.4, 0.5) is 4.39 Å². The standard InChI is InChI=1S/C42H58FN5O5/c1-23(2)31-26(49)19-42(35-47-46-34(48(35)10)33-44-21-24(43)22-45-33)18-17-40(8)25(32(31)42)11-12-28-39(7)15-14-29(53-30(50)20-37(3,4)36(51)52)38(5,6)27(39)13-16-41(28,40)9/h21-23,25,27-29H,11-20H2,1-10H3,(H,51,52)/t25-,27+,28-,29+,39+,40-,41-,42-/m1/s1. The van der Waals surface area contributed by atoms with Crippen LogP contribution in [0.3, 0.4) is 0 Å². The van der Waals surface area contributed by atoms with Gasteiger partial charge in [0, 0.05) is 18.9 Å². The number of ketones is 1. The Morgan fingerprint density at radius 3 is 2.28 bits per heavy atom. The van der Waals surface area contributed by atoms with Gasteiger partial charge in [-0.15, -0.1) is 10.2 Å². The van der Waals surface area contributed by atoms with E-state index >= 15 is 0 Å². The third-order valence-corrected chi connectivity index (χ3v) is 15.9. The first-order valence-electron chi connectivity index (χ1n) is 19.7. The van der Waals surface area contributed by atoms with Gasteiger partial charge < -0.3 is 14.4 Å². The van der Waals surface area contributed by atoms with Gasteiger partial charge in [0.25, 0.3) is 0 Å². The highest BCUT2D eigenvalue weighted by atomic mass is 19.1. The summed E-state index contributed by atoms with van der Waals surface area (Å²) in [5, 5.41) is 18.9. The first-order valence-corrected chi connectivity index (χ1v) is 19.7. The molecule has 0 aliphatic heterocycles. The number of carboxylic acid groups (broad SMARTS) is 1. The largest absolute Gasteiger partial charge is 0.481 e. The molecule has 5 aliphatic carbocycles. The van der Waals surface area contributed by atoms with Crippen LogP contribution in [0.15, 0.2) is 23.5 Å². The molecule has 0 bridgehead atoms. The van der Waals surface area contributed by atoms with Crippen LogP contribution in [0.5, 0.6) is 0 Å². The first-order chi connectivity index (χ1) is 24.6. The zero-order chi connectivity index (χ0) is 38.7. The molecule has 2 aromatic rings. The van der Waals surface area contributed by atoms with Crippen molar-refractivity contribution in [3.63, 3.8) is 0 Å². The summed E-state index contributed by atoms with van der Waals surface area (Å²) in [6.07, 6.45) is 9.87. The molecule has 288 valence electrons. The number of carboxylic acids is 1. The van der Waals surface area contributed by atoms with E-state index in [1.807, 2.05) is 11.6 Å². The van der Waals surface area contributed by atoms with E-state index in [4.69, 9.17) is 9.84 Å². The minimum Gasteiger partial charge on any atom is -0.481 e. The summed E-state index contributed by atoms with van der Waals surface area (Å²) < 4.78 is 21.8. The van der Waals surface area contributed by atoms with Gasteiger partial charge in [-0.1, -0.05) is 48.5 Å². The third-order valence-electron chi connectivity index (χ3n) is 15.9. The number of ether oxygens (including phenoxy) is 1. The fourth-order valence-corrected chi connectivity index (χ4v) is 13.1. The van der Waals surface area contributed by atoms with Crippen molar-refractivity contribution < 1.29 is 28.6 Å². The molecule has 0 unspecified atom stereocenters. The monoisotopic (exact) mass is 731 g/mol. The lowest BCUT2D eigenvalue weighted by Gasteiger charge is -2.72. The second-order valence-electron chi connectivity index (χ2n) is 19.6. The Morgan fingerprint density at radius 1 is 0.962 bits per heavy atom. The number of Topliss-reactive ketones (excluding diaryl/α,β-unsaturated/α-hetero) is 1. The van der Waals surface area contributed by atoms with Gasteiger partial charge in [-0.05, 0) is 116 Å². The van der Waals surface area contributed by atoms with Crippen LogP contribution in [0.25, 0.3) is 11.6 Å². The Hall–Kier alpha value is -3.50. The molecule has 0 radical (unpaired) electrons. The van der Waals surface area contributed by atoms with Crippen molar-refractivity contribution >= 4 is 17.7 Å². The fourth-order valence-electron chi connectivity index (χ4n) is 13.1. The Morgan fingerprint density at radius 2 is 1.64 bits per heavy atom. The predicted molar refractivity (Wildman–Crippen MR) is 197 cm³/mol. The van der Waals surface area contributed by atoms with E-state index in [1.165, 1.54) is 5.57 Å². The minimum atomic E-state index is -1.18. The maximum atomic E-state index is 14.2. The number of hydrogen-bond acceptors (Lipinski definition) is 8. The minimum absolute atomic E-state index is 0.0200. The summed E-state index contributed by atoms with van der Waals surface area (Å²) >= 11 is 0. The number of carbonyl (C=O) groups is 3. The van der Waals surface area contributed by atoms with Gasteiger partial charge >= 0.3 is 11.9 Å². The highest BCUT2D eigenvalue weighted by Crippen LogP contribution is 2.76. The molecule has 2 heterocycles. The van der Waals surface area contributed by atoms with Crippen LogP contribution in [-0.4, -0.2) is 53.7 Å². The van der Waals surface area contributed by atoms with Crippen molar-refractivity contribution in [2.75, 3.05) is 0 Å². The Labute approximate surface area is 313 Å². The molecule has 4 fully saturated rings. The summed E-state index contributed by atoms with van der Waals surface area (Å²) in [6.45, 7) is 19.5. The number of rotatable bonds is 7. The molecule has 4 saturated carbocycles. The summed E-state index contributed by atoms with van der Waals surface area (Å²) in [4.78, 5) is 47.5. The zero-order valence-corrected chi connectivity index (χ0v) is 33.3. The summed E-state index contributed by atoms with van der Waals surface area (Å²) in [5.41, 5.74) is 0.251. The molecule has 8 atom stereocenters. The van der Waals surface area contributed by atoms with Crippen LogP contribution in [0.2, 0.25) is 0 Å². The highest BCUT2D eigenvalue weighted by Gasteiger charge is 2.71. The number of esters is 1. The van der Waals surface area contributed by atoms with Gasteiger partial charge in [-0.2, -0.15) is 0 Å². The molecule has 0 saturated heterocycles. The lowest BCUT2D eigenvalue weighted by Crippen LogP contribution is -2.66. The first kappa shape index (κ1) is 37.8. The number of allylic oxidation sites excluding steroid dienone is 2. The molecular weight excluding hydrogens is 673 g/mol. The van der Waals surface area contributed by atoms with E-state index in [0.29, 0.717) is 29.9 Å². The number of aromatic nitrogens is 5. The van der Waals surface area contributed by atoms with Gasteiger partial charge in [-0.3, -0.25) is 14.4 Å². The Balaban J connectivity index is 1.22. The number of carbonyl (C=O) groups excluding carboxylic acids is 2. The van der Waals surface area contributed by atoms with Crippen molar-refractivity contribution in [1.82, 2.24) is 24.7 Å². The normalized spacial score (nSPS) is 36.4. The van der Waals surface area contributed by atoms with Crippen LogP contribution in [0.1, 0.15) is 132 Å². The molecule has 5 aliphatic rings. The van der Waals surface area contributed by atoms with E-state index in [2.05, 4.69) is 63.5 Å². The average molecular weight is 732 g/mol. The average Bonchev–Trinajstić information content (AvgIpc) is 3.60. The van der Waals surface area contributed by atoms with Gasteiger partial charge in [0.05, 0.1) is 29.6 Å². The van der Waals surface area contributed by atoms with Gasteiger partial charge in [0.15, 0.2) is 17.4 Å². The molecule has 1 N–H and O–H groups in total. The van der Waals surface area contributed by atoms with E-state index in [-0.39, 0.29) is 51.8 Å². The molecule has 7 rings (SSSR count).